The predicted octanol–water partition coefficient (Wildman–Crippen LogP) is 2.89. The molecule has 3 heterocycles. The van der Waals surface area contributed by atoms with Gasteiger partial charge in [0.25, 0.3) is 11.8 Å². The molecule has 1 aromatic heterocycles. The van der Waals surface area contributed by atoms with Crippen LogP contribution in [0.15, 0.2) is 60.8 Å². The van der Waals surface area contributed by atoms with Crippen LogP contribution in [0.2, 0.25) is 0 Å². The van der Waals surface area contributed by atoms with Crippen LogP contribution in [0.25, 0.3) is 11.1 Å². The van der Waals surface area contributed by atoms with Gasteiger partial charge in [-0.15, -0.1) is 0 Å². The number of hydrogen-bond donors (Lipinski definition) is 2. The van der Waals surface area contributed by atoms with Gasteiger partial charge in [0, 0.05) is 24.0 Å². The quantitative estimate of drug-likeness (QED) is 0.623. The fourth-order valence-corrected chi connectivity index (χ4v) is 4.32. The second kappa shape index (κ2) is 7.26. The predicted molar refractivity (Wildman–Crippen MR) is 114 cm³/mol. The molecular weight excluding hydrogens is 411 g/mol. The molecule has 1 atom stereocenters. The Balaban J connectivity index is 1.49. The average Bonchev–Trinajstić information content (AvgIpc) is 3.24. The summed E-state index contributed by atoms with van der Waals surface area (Å²) in [5.74, 6) is -1.41. The van der Waals surface area contributed by atoms with Gasteiger partial charge in [0.1, 0.15) is 5.82 Å². The van der Waals surface area contributed by atoms with E-state index in [2.05, 4.69) is 15.6 Å². The molecule has 32 heavy (non-hydrogen) atoms. The first kappa shape index (κ1) is 19.9. The number of nitrogens with one attached hydrogen (secondary N) is 2. The van der Waals surface area contributed by atoms with Crippen LogP contribution < -0.4 is 10.6 Å². The lowest BCUT2D eigenvalue weighted by Crippen LogP contribution is -2.52. The van der Waals surface area contributed by atoms with E-state index in [9.17, 15) is 18.8 Å². The summed E-state index contributed by atoms with van der Waals surface area (Å²) in [5.41, 5.74) is 2.84. The van der Waals surface area contributed by atoms with Crippen molar-refractivity contribution in [1.29, 1.82) is 0 Å². The maximum atomic E-state index is 13.6. The number of hydrogen-bond acceptors (Lipinski definition) is 4. The molecule has 160 valence electrons. The number of nitrogens with zero attached hydrogens (tertiary/aromatic N) is 2. The highest BCUT2D eigenvalue weighted by Gasteiger charge is 2.50. The van der Waals surface area contributed by atoms with Gasteiger partial charge < -0.3 is 10.2 Å². The molecule has 2 aliphatic heterocycles. The van der Waals surface area contributed by atoms with E-state index >= 15 is 0 Å². The Labute approximate surface area is 183 Å². The lowest BCUT2D eigenvalue weighted by molar-refractivity contribution is -0.124. The molecule has 1 fully saturated rings. The number of aryl methyl sites for hydroxylation is 1. The van der Waals surface area contributed by atoms with Crippen LogP contribution >= 0.6 is 0 Å². The van der Waals surface area contributed by atoms with Crippen LogP contribution in [0.5, 0.6) is 0 Å². The number of aromatic nitrogens is 1. The van der Waals surface area contributed by atoms with Gasteiger partial charge in [-0.1, -0.05) is 30.3 Å². The van der Waals surface area contributed by atoms with Crippen molar-refractivity contribution in [3.63, 3.8) is 0 Å². The monoisotopic (exact) mass is 430 g/mol. The van der Waals surface area contributed by atoms with Crippen LogP contribution in [0.1, 0.15) is 27.2 Å². The molecule has 7 nitrogen and oxygen atoms in total. The molecule has 8 heteroatoms. The summed E-state index contributed by atoms with van der Waals surface area (Å²) in [5, 5.41) is 4.99. The fourth-order valence-electron chi connectivity index (χ4n) is 4.32. The van der Waals surface area contributed by atoms with Crippen molar-refractivity contribution in [2.45, 2.75) is 19.0 Å². The van der Waals surface area contributed by atoms with Crippen molar-refractivity contribution < 1.29 is 18.8 Å². The van der Waals surface area contributed by atoms with Crippen LogP contribution in [0.4, 0.5) is 9.18 Å². The normalized spacial score (nSPS) is 19.7. The van der Waals surface area contributed by atoms with Crippen LogP contribution in [-0.4, -0.2) is 34.3 Å². The van der Waals surface area contributed by atoms with Crippen molar-refractivity contribution in [3.8, 4) is 11.1 Å². The van der Waals surface area contributed by atoms with Gasteiger partial charge in [0.05, 0.1) is 6.54 Å². The molecule has 2 N–H and O–H groups in total. The van der Waals surface area contributed by atoms with Gasteiger partial charge in [0.2, 0.25) is 0 Å². The summed E-state index contributed by atoms with van der Waals surface area (Å²) in [6.45, 7) is 2.06. The highest BCUT2D eigenvalue weighted by atomic mass is 19.1. The van der Waals surface area contributed by atoms with E-state index < -0.39 is 23.3 Å². The van der Waals surface area contributed by atoms with Crippen molar-refractivity contribution in [3.05, 3.63) is 89.0 Å². The maximum Gasteiger partial charge on any atom is 0.322 e. The topological polar surface area (TPSA) is 91.4 Å². The zero-order valence-corrected chi connectivity index (χ0v) is 17.2. The smallest absolute Gasteiger partial charge is 0.322 e. The number of carbonyl (C=O) groups excluding carboxylic acids is 3. The lowest BCUT2D eigenvalue weighted by Gasteiger charge is -2.31. The van der Waals surface area contributed by atoms with Crippen LogP contribution in [0, 0.1) is 12.7 Å². The first-order valence-electron chi connectivity index (χ1n) is 10.1. The second-order valence-corrected chi connectivity index (χ2v) is 8.04. The highest BCUT2D eigenvalue weighted by Crippen LogP contribution is 2.32. The van der Waals surface area contributed by atoms with Crippen molar-refractivity contribution in [1.82, 2.24) is 20.5 Å². The Morgan fingerprint density at radius 3 is 2.50 bits per heavy atom. The SMILES string of the molecule is Cc1cc(-c2ccc([C@]3(CN4Cc5ccc(F)cc5C4=O)NC(=O)NC3=O)cc2)ccn1. The van der Waals surface area contributed by atoms with Gasteiger partial charge >= 0.3 is 6.03 Å². The molecule has 0 spiro atoms. The molecule has 4 amide bonds. The zero-order valence-electron chi connectivity index (χ0n) is 17.2. The Hall–Kier alpha value is -4.07. The van der Waals surface area contributed by atoms with Crippen molar-refractivity contribution >= 4 is 17.8 Å². The van der Waals surface area contributed by atoms with E-state index in [0.29, 0.717) is 11.1 Å². The summed E-state index contributed by atoms with van der Waals surface area (Å²) in [7, 11) is 0. The third-order valence-corrected chi connectivity index (χ3v) is 5.93. The largest absolute Gasteiger partial charge is 0.331 e. The minimum atomic E-state index is -1.44. The first-order chi connectivity index (χ1) is 15.4. The van der Waals surface area contributed by atoms with Gasteiger partial charge in [-0.05, 0) is 53.4 Å². The lowest BCUT2D eigenvalue weighted by atomic mass is 9.88. The maximum absolute atomic E-state index is 13.6. The first-order valence-corrected chi connectivity index (χ1v) is 10.1. The van der Waals surface area contributed by atoms with Gasteiger partial charge in [-0.2, -0.15) is 0 Å². The Morgan fingerprint density at radius 2 is 1.81 bits per heavy atom. The number of halogens is 1. The van der Waals surface area contributed by atoms with Gasteiger partial charge in [0.15, 0.2) is 5.54 Å². The van der Waals surface area contributed by atoms with Crippen LogP contribution in [-0.2, 0) is 16.9 Å². The number of urea groups is 1. The number of pyridine rings is 1. The molecule has 0 unspecified atom stereocenters. The summed E-state index contributed by atoms with van der Waals surface area (Å²) in [6, 6.07) is 14.5. The van der Waals surface area contributed by atoms with Crippen molar-refractivity contribution in [2.75, 3.05) is 6.54 Å². The third kappa shape index (κ3) is 3.20. The van der Waals surface area contributed by atoms with E-state index in [0.717, 1.165) is 16.8 Å². The molecule has 2 aromatic carbocycles. The molecule has 5 rings (SSSR count). The van der Waals surface area contributed by atoms with E-state index in [-0.39, 0.29) is 24.6 Å². The Bertz CT molecular complexity index is 1270. The Kier molecular flexibility index (Phi) is 4.51. The average molecular weight is 430 g/mol. The number of amides is 4. The molecule has 2 aliphatic rings. The summed E-state index contributed by atoms with van der Waals surface area (Å²) < 4.78 is 13.6. The van der Waals surface area contributed by atoms with E-state index in [1.165, 1.54) is 17.0 Å². The number of fused-ring (bicyclic) bond motifs is 1. The van der Waals surface area contributed by atoms with Gasteiger partial charge in [-0.25, -0.2) is 9.18 Å². The van der Waals surface area contributed by atoms with Gasteiger partial charge in [-0.3, -0.25) is 19.9 Å². The van der Waals surface area contributed by atoms with Crippen LogP contribution in [0.3, 0.4) is 0 Å². The minimum absolute atomic E-state index is 0.0760. The van der Waals surface area contributed by atoms with E-state index in [1.807, 2.05) is 31.2 Å². The summed E-state index contributed by atoms with van der Waals surface area (Å²) in [4.78, 5) is 43.5. The number of carbonyl (C=O) groups is 3. The number of imide groups is 1. The third-order valence-electron chi connectivity index (χ3n) is 5.93. The fraction of sp³-hybridized carbons (Fsp3) is 0.167. The molecule has 1 saturated heterocycles. The molecular formula is C24H19FN4O3. The molecule has 0 saturated carbocycles. The molecule has 0 aliphatic carbocycles. The summed E-state index contributed by atoms with van der Waals surface area (Å²) in [6.07, 6.45) is 1.73. The molecule has 0 bridgehead atoms. The number of benzene rings is 2. The number of rotatable bonds is 4. The summed E-state index contributed by atoms with van der Waals surface area (Å²) >= 11 is 0. The zero-order chi connectivity index (χ0) is 22.5. The molecule has 3 aromatic rings. The highest BCUT2D eigenvalue weighted by molar-refractivity contribution is 6.08. The Morgan fingerprint density at radius 1 is 1.03 bits per heavy atom. The minimum Gasteiger partial charge on any atom is -0.331 e. The van der Waals surface area contributed by atoms with Crippen molar-refractivity contribution in [2.24, 2.45) is 0 Å². The van der Waals surface area contributed by atoms with E-state index in [4.69, 9.17) is 0 Å². The molecule has 0 radical (unpaired) electrons. The van der Waals surface area contributed by atoms with E-state index in [1.54, 1.807) is 24.4 Å². The standard InChI is InChI=1S/C24H19FN4O3/c1-14-10-16(8-9-26-14)15-2-5-18(6-3-15)24(22(31)27-23(32)28-24)13-29-12-17-4-7-19(25)11-20(17)21(29)30/h2-11H,12-13H2,1H3,(H2,27,28,31,32)/t24-/m0/s1. The second-order valence-electron chi connectivity index (χ2n) is 8.04.